The van der Waals surface area contributed by atoms with E-state index in [1.807, 2.05) is 0 Å². The maximum absolute atomic E-state index is 11.0. The van der Waals surface area contributed by atoms with Gasteiger partial charge in [0.1, 0.15) is 0 Å². The van der Waals surface area contributed by atoms with Crippen LogP contribution in [-0.4, -0.2) is 23.0 Å². The molecule has 0 aromatic carbocycles. The van der Waals surface area contributed by atoms with E-state index < -0.39 is 4.92 Å². The van der Waals surface area contributed by atoms with E-state index in [-0.39, 0.29) is 16.8 Å². The van der Waals surface area contributed by atoms with Gasteiger partial charge in [-0.1, -0.05) is 11.6 Å². The van der Waals surface area contributed by atoms with E-state index in [4.69, 9.17) is 11.6 Å². The molecule has 86 valence electrons. The molecule has 0 aliphatic carbocycles. The van der Waals surface area contributed by atoms with E-state index in [1.54, 1.807) is 6.07 Å². The van der Waals surface area contributed by atoms with Crippen molar-refractivity contribution in [2.75, 3.05) is 13.1 Å². The van der Waals surface area contributed by atoms with Crippen molar-refractivity contribution in [2.24, 2.45) is 0 Å². The van der Waals surface area contributed by atoms with Crippen LogP contribution < -0.4 is 5.32 Å². The van der Waals surface area contributed by atoms with Crippen LogP contribution in [0.2, 0.25) is 5.15 Å². The fourth-order valence-corrected chi connectivity index (χ4v) is 2.32. The largest absolute Gasteiger partial charge is 0.317 e. The van der Waals surface area contributed by atoms with Gasteiger partial charge in [0, 0.05) is 11.8 Å². The van der Waals surface area contributed by atoms with Gasteiger partial charge in [0.2, 0.25) is 5.15 Å². The summed E-state index contributed by atoms with van der Waals surface area (Å²) in [6, 6.07) is 1.71. The lowest BCUT2D eigenvalue weighted by Crippen LogP contribution is -2.27. The molecule has 0 unspecified atom stereocenters. The quantitative estimate of drug-likeness (QED) is 0.489. The number of hydrogen-bond donors (Lipinski definition) is 1. The Labute approximate surface area is 98.0 Å². The van der Waals surface area contributed by atoms with E-state index in [2.05, 4.69) is 10.3 Å². The topological polar surface area (TPSA) is 68.1 Å². The molecule has 2 rings (SSSR count). The normalized spacial score (nSPS) is 17.3. The third-order valence-corrected chi connectivity index (χ3v) is 3.15. The third-order valence-electron chi connectivity index (χ3n) is 2.87. The first-order valence-corrected chi connectivity index (χ1v) is 5.57. The van der Waals surface area contributed by atoms with Crippen LogP contribution in [0.25, 0.3) is 0 Å². The van der Waals surface area contributed by atoms with Crippen molar-refractivity contribution >= 4 is 17.3 Å². The van der Waals surface area contributed by atoms with Gasteiger partial charge in [-0.2, -0.15) is 0 Å². The lowest BCUT2D eigenvalue weighted by atomic mass is 9.90. The molecule has 0 spiro atoms. The molecule has 5 nitrogen and oxygen atoms in total. The van der Waals surface area contributed by atoms with Crippen molar-refractivity contribution in [3.63, 3.8) is 0 Å². The molecule has 0 bridgehead atoms. The van der Waals surface area contributed by atoms with Crippen molar-refractivity contribution in [3.05, 3.63) is 33.1 Å². The number of rotatable bonds is 2. The Balaban J connectivity index is 2.38. The Bertz CT molecular complexity index is 405. The highest BCUT2D eigenvalue weighted by molar-refractivity contribution is 6.31. The van der Waals surface area contributed by atoms with E-state index in [1.165, 1.54) is 6.20 Å². The zero-order valence-electron chi connectivity index (χ0n) is 8.65. The van der Waals surface area contributed by atoms with Crippen LogP contribution in [0.4, 0.5) is 5.69 Å². The summed E-state index contributed by atoms with van der Waals surface area (Å²) in [6.45, 7) is 1.78. The van der Waals surface area contributed by atoms with E-state index in [0.29, 0.717) is 5.56 Å². The summed E-state index contributed by atoms with van der Waals surface area (Å²) < 4.78 is 0. The van der Waals surface area contributed by atoms with Crippen LogP contribution in [0.15, 0.2) is 12.3 Å². The van der Waals surface area contributed by atoms with Crippen molar-refractivity contribution in [1.29, 1.82) is 0 Å². The molecule has 1 aliphatic heterocycles. The molecule has 1 fully saturated rings. The van der Waals surface area contributed by atoms with Crippen LogP contribution in [0.5, 0.6) is 0 Å². The fourth-order valence-electron chi connectivity index (χ4n) is 2.09. The summed E-state index contributed by atoms with van der Waals surface area (Å²) in [6.07, 6.45) is 3.34. The summed E-state index contributed by atoms with van der Waals surface area (Å²) in [7, 11) is 0. The Hall–Kier alpha value is -1.20. The van der Waals surface area contributed by atoms with Gasteiger partial charge in [-0.05, 0) is 37.9 Å². The Morgan fingerprint density at radius 2 is 2.19 bits per heavy atom. The van der Waals surface area contributed by atoms with Gasteiger partial charge >= 0.3 is 5.69 Å². The maximum atomic E-state index is 11.0. The first kappa shape index (κ1) is 11.3. The van der Waals surface area contributed by atoms with Crippen molar-refractivity contribution in [1.82, 2.24) is 10.3 Å². The predicted octanol–water partition coefficient (Wildman–Crippen LogP) is 2.11. The number of halogens is 1. The molecular formula is C10H12ClN3O2. The average molecular weight is 242 g/mol. The lowest BCUT2D eigenvalue weighted by Gasteiger charge is -2.22. The molecule has 0 atom stereocenters. The SMILES string of the molecule is O=[N+]([O-])c1c(C2CCNCC2)ccnc1Cl. The highest BCUT2D eigenvalue weighted by atomic mass is 35.5. The monoisotopic (exact) mass is 241 g/mol. The highest BCUT2D eigenvalue weighted by Crippen LogP contribution is 2.35. The van der Waals surface area contributed by atoms with Crippen molar-refractivity contribution < 1.29 is 4.92 Å². The van der Waals surface area contributed by atoms with Gasteiger partial charge in [-0.3, -0.25) is 10.1 Å². The second kappa shape index (κ2) is 4.76. The zero-order chi connectivity index (χ0) is 11.5. The number of pyridine rings is 1. The van der Waals surface area contributed by atoms with Crippen LogP contribution in [-0.2, 0) is 0 Å². The molecule has 6 heteroatoms. The molecule has 2 heterocycles. The van der Waals surface area contributed by atoms with E-state index in [0.717, 1.165) is 25.9 Å². The molecule has 16 heavy (non-hydrogen) atoms. The minimum Gasteiger partial charge on any atom is -0.317 e. The molecule has 1 aromatic rings. The Morgan fingerprint density at radius 3 is 2.81 bits per heavy atom. The smallest absolute Gasteiger partial charge is 0.309 e. The standard InChI is InChI=1S/C10H12ClN3O2/c11-10-9(14(15)16)8(3-6-13-10)7-1-4-12-5-2-7/h3,6-7,12H,1-2,4-5H2. The van der Waals surface area contributed by atoms with Gasteiger partial charge in [-0.15, -0.1) is 0 Å². The van der Waals surface area contributed by atoms with Gasteiger partial charge in [0.15, 0.2) is 0 Å². The summed E-state index contributed by atoms with van der Waals surface area (Å²) in [4.78, 5) is 14.3. The van der Waals surface area contributed by atoms with Crippen LogP contribution in [0, 0.1) is 10.1 Å². The summed E-state index contributed by atoms with van der Waals surface area (Å²) in [5.41, 5.74) is 0.683. The minimum atomic E-state index is -0.438. The van der Waals surface area contributed by atoms with E-state index >= 15 is 0 Å². The molecule has 1 N–H and O–H groups in total. The van der Waals surface area contributed by atoms with Gasteiger partial charge < -0.3 is 5.32 Å². The molecule has 0 saturated carbocycles. The Kier molecular flexibility index (Phi) is 3.36. The number of aromatic nitrogens is 1. The number of nitrogens with one attached hydrogen (secondary N) is 1. The first-order valence-electron chi connectivity index (χ1n) is 5.19. The lowest BCUT2D eigenvalue weighted by molar-refractivity contribution is -0.385. The maximum Gasteiger partial charge on any atom is 0.309 e. The molecule has 1 aliphatic rings. The molecule has 0 amide bonds. The van der Waals surface area contributed by atoms with Crippen LogP contribution in [0.1, 0.15) is 24.3 Å². The Morgan fingerprint density at radius 1 is 1.50 bits per heavy atom. The van der Waals surface area contributed by atoms with Crippen LogP contribution in [0.3, 0.4) is 0 Å². The molecule has 1 aromatic heterocycles. The van der Waals surface area contributed by atoms with Crippen molar-refractivity contribution in [2.45, 2.75) is 18.8 Å². The van der Waals surface area contributed by atoms with Gasteiger partial charge in [0.05, 0.1) is 4.92 Å². The second-order valence-corrected chi connectivity index (χ2v) is 4.18. The third kappa shape index (κ3) is 2.15. The second-order valence-electron chi connectivity index (χ2n) is 3.82. The average Bonchev–Trinajstić information content (AvgIpc) is 2.29. The number of hydrogen-bond acceptors (Lipinski definition) is 4. The fraction of sp³-hybridized carbons (Fsp3) is 0.500. The van der Waals surface area contributed by atoms with Crippen LogP contribution >= 0.6 is 11.6 Å². The molecular weight excluding hydrogens is 230 g/mol. The number of nitrogens with zero attached hydrogens (tertiary/aromatic N) is 2. The molecule has 0 radical (unpaired) electrons. The predicted molar refractivity (Wildman–Crippen MR) is 60.7 cm³/mol. The minimum absolute atomic E-state index is 0.0129. The zero-order valence-corrected chi connectivity index (χ0v) is 9.41. The number of nitro groups is 1. The first-order chi connectivity index (χ1) is 7.70. The molecule has 1 saturated heterocycles. The summed E-state index contributed by atoms with van der Waals surface area (Å²) in [5, 5.41) is 14.2. The van der Waals surface area contributed by atoms with Crippen molar-refractivity contribution in [3.8, 4) is 0 Å². The summed E-state index contributed by atoms with van der Waals surface area (Å²) >= 11 is 5.78. The highest BCUT2D eigenvalue weighted by Gasteiger charge is 2.26. The van der Waals surface area contributed by atoms with E-state index in [9.17, 15) is 10.1 Å². The van der Waals surface area contributed by atoms with Gasteiger partial charge in [0.25, 0.3) is 0 Å². The summed E-state index contributed by atoms with van der Waals surface area (Å²) in [5.74, 6) is 0.210. The van der Waals surface area contributed by atoms with Gasteiger partial charge in [-0.25, -0.2) is 4.98 Å². The number of piperidine rings is 1.